The van der Waals surface area contributed by atoms with Gasteiger partial charge in [0.15, 0.2) is 0 Å². The van der Waals surface area contributed by atoms with Crippen molar-refractivity contribution in [2.75, 3.05) is 13.1 Å². The number of rotatable bonds is 2. The van der Waals surface area contributed by atoms with Crippen molar-refractivity contribution in [2.24, 2.45) is 17.6 Å². The first-order valence-electron chi connectivity index (χ1n) is 6.65. The van der Waals surface area contributed by atoms with Crippen molar-refractivity contribution in [1.82, 2.24) is 4.90 Å². The Hall–Kier alpha value is -1.08. The van der Waals surface area contributed by atoms with E-state index in [2.05, 4.69) is 11.0 Å². The van der Waals surface area contributed by atoms with E-state index in [0.717, 1.165) is 38.8 Å². The second-order valence-electron chi connectivity index (χ2n) is 5.32. The smallest absolute Gasteiger partial charge is 0.221 e. The number of nitrogens with zero attached hydrogens (tertiary/aromatic N) is 2. The molecule has 3 atom stereocenters. The number of nitrogens with two attached hydrogens (primary N) is 1. The van der Waals surface area contributed by atoms with Crippen LogP contribution in [-0.2, 0) is 4.79 Å². The second kappa shape index (κ2) is 5.50. The molecule has 17 heavy (non-hydrogen) atoms. The molecule has 94 valence electrons. The first-order valence-corrected chi connectivity index (χ1v) is 6.65. The Morgan fingerprint density at radius 2 is 2.00 bits per heavy atom. The number of primary amides is 1. The molecule has 1 heterocycles. The van der Waals surface area contributed by atoms with Gasteiger partial charge in [0.05, 0.1) is 17.9 Å². The molecular weight excluding hydrogens is 214 g/mol. The van der Waals surface area contributed by atoms with Gasteiger partial charge in [0.1, 0.15) is 0 Å². The van der Waals surface area contributed by atoms with Crippen molar-refractivity contribution >= 4 is 5.91 Å². The molecule has 0 bridgehead atoms. The Bertz CT molecular complexity index is 323. The summed E-state index contributed by atoms with van der Waals surface area (Å²) in [6.07, 6.45) is 6.43. The number of carbonyl (C=O) groups is 1. The van der Waals surface area contributed by atoms with E-state index in [4.69, 9.17) is 5.73 Å². The van der Waals surface area contributed by atoms with Gasteiger partial charge in [0.2, 0.25) is 5.91 Å². The topological polar surface area (TPSA) is 70.1 Å². The van der Waals surface area contributed by atoms with E-state index in [-0.39, 0.29) is 17.7 Å². The molecule has 2 aliphatic rings. The molecule has 4 nitrogen and oxygen atoms in total. The fourth-order valence-electron chi connectivity index (χ4n) is 3.24. The van der Waals surface area contributed by atoms with Crippen LogP contribution in [0.2, 0.25) is 0 Å². The van der Waals surface area contributed by atoms with E-state index in [1.54, 1.807) is 0 Å². The highest BCUT2D eigenvalue weighted by Gasteiger charge is 2.34. The number of carbonyl (C=O) groups excluding carboxylic acids is 1. The van der Waals surface area contributed by atoms with Crippen LogP contribution in [-0.4, -0.2) is 29.9 Å². The molecule has 0 spiro atoms. The maximum atomic E-state index is 11.3. The van der Waals surface area contributed by atoms with Crippen LogP contribution < -0.4 is 5.73 Å². The zero-order valence-electron chi connectivity index (χ0n) is 10.3. The zero-order valence-corrected chi connectivity index (χ0v) is 10.3. The lowest BCUT2D eigenvalue weighted by Crippen LogP contribution is -2.49. The largest absolute Gasteiger partial charge is 0.369 e. The Morgan fingerprint density at radius 1 is 1.24 bits per heavy atom. The number of piperidine rings is 1. The molecule has 3 unspecified atom stereocenters. The first-order chi connectivity index (χ1) is 8.22. The molecule has 1 saturated heterocycles. The third-order valence-electron chi connectivity index (χ3n) is 4.22. The predicted molar refractivity (Wildman–Crippen MR) is 64.9 cm³/mol. The van der Waals surface area contributed by atoms with Gasteiger partial charge < -0.3 is 5.73 Å². The molecule has 1 aliphatic carbocycles. The molecule has 0 aromatic carbocycles. The van der Waals surface area contributed by atoms with Crippen LogP contribution in [0, 0.1) is 23.2 Å². The van der Waals surface area contributed by atoms with Gasteiger partial charge >= 0.3 is 0 Å². The van der Waals surface area contributed by atoms with Crippen molar-refractivity contribution in [2.45, 2.75) is 44.6 Å². The van der Waals surface area contributed by atoms with Crippen molar-refractivity contribution in [3.05, 3.63) is 0 Å². The van der Waals surface area contributed by atoms with E-state index in [1.165, 1.54) is 12.8 Å². The van der Waals surface area contributed by atoms with Crippen LogP contribution >= 0.6 is 0 Å². The third-order valence-corrected chi connectivity index (χ3v) is 4.22. The van der Waals surface area contributed by atoms with Gasteiger partial charge in [-0.15, -0.1) is 0 Å². The molecule has 0 radical (unpaired) electrons. The van der Waals surface area contributed by atoms with E-state index < -0.39 is 0 Å². The van der Waals surface area contributed by atoms with Crippen molar-refractivity contribution in [3.8, 4) is 6.07 Å². The summed E-state index contributed by atoms with van der Waals surface area (Å²) in [5.74, 6) is -0.0422. The fourth-order valence-corrected chi connectivity index (χ4v) is 3.24. The first kappa shape index (κ1) is 12.4. The maximum absolute atomic E-state index is 11.3. The summed E-state index contributed by atoms with van der Waals surface area (Å²) >= 11 is 0. The lowest BCUT2D eigenvalue weighted by atomic mass is 9.83. The Labute approximate surface area is 103 Å². The summed E-state index contributed by atoms with van der Waals surface area (Å²) in [6.45, 7) is 1.78. The monoisotopic (exact) mass is 235 g/mol. The van der Waals surface area contributed by atoms with E-state index in [1.807, 2.05) is 0 Å². The summed E-state index contributed by atoms with van der Waals surface area (Å²) in [4.78, 5) is 13.6. The SMILES string of the molecule is N#CC1CCCCC1N1CCCC(C(N)=O)C1. The van der Waals surface area contributed by atoms with Gasteiger partial charge in [0.25, 0.3) is 0 Å². The van der Waals surface area contributed by atoms with Crippen LogP contribution in [0.5, 0.6) is 0 Å². The molecule has 1 amide bonds. The highest BCUT2D eigenvalue weighted by atomic mass is 16.1. The van der Waals surface area contributed by atoms with Gasteiger partial charge in [-0.1, -0.05) is 12.8 Å². The zero-order chi connectivity index (χ0) is 12.3. The lowest BCUT2D eigenvalue weighted by molar-refractivity contribution is -0.124. The van der Waals surface area contributed by atoms with Crippen LogP contribution in [0.25, 0.3) is 0 Å². The van der Waals surface area contributed by atoms with Crippen LogP contribution in [0.15, 0.2) is 0 Å². The third kappa shape index (κ3) is 2.78. The summed E-state index contributed by atoms with van der Waals surface area (Å²) in [5.41, 5.74) is 5.40. The highest BCUT2D eigenvalue weighted by Crippen LogP contribution is 2.30. The van der Waals surface area contributed by atoms with Crippen molar-refractivity contribution in [1.29, 1.82) is 5.26 Å². The maximum Gasteiger partial charge on any atom is 0.221 e. The standard InChI is InChI=1S/C13H21N3O/c14-8-10-4-1-2-6-12(10)16-7-3-5-11(9-16)13(15)17/h10-12H,1-7,9H2,(H2,15,17). The van der Waals surface area contributed by atoms with Crippen LogP contribution in [0.4, 0.5) is 0 Å². The van der Waals surface area contributed by atoms with Gasteiger partial charge in [-0.05, 0) is 32.2 Å². The Balaban J connectivity index is 2.00. The average Bonchev–Trinajstić information content (AvgIpc) is 2.39. The molecule has 2 N–H and O–H groups in total. The van der Waals surface area contributed by atoms with Gasteiger partial charge in [-0.2, -0.15) is 5.26 Å². The molecule has 2 fully saturated rings. The Kier molecular flexibility index (Phi) is 4.01. The predicted octanol–water partition coefficient (Wildman–Crippen LogP) is 1.27. The summed E-state index contributed by atoms with van der Waals surface area (Å²) < 4.78 is 0. The molecule has 1 saturated carbocycles. The van der Waals surface area contributed by atoms with E-state index >= 15 is 0 Å². The molecule has 0 aromatic rings. The normalized spacial score (nSPS) is 35.1. The summed E-state index contributed by atoms with van der Waals surface area (Å²) in [5, 5.41) is 9.20. The van der Waals surface area contributed by atoms with Gasteiger partial charge in [-0.3, -0.25) is 9.69 Å². The quantitative estimate of drug-likeness (QED) is 0.783. The minimum atomic E-state index is -0.181. The van der Waals surface area contributed by atoms with Crippen molar-refractivity contribution in [3.63, 3.8) is 0 Å². The minimum absolute atomic E-state index is 0.00924. The highest BCUT2D eigenvalue weighted by molar-refractivity contribution is 5.76. The molecular formula is C13H21N3O. The van der Waals surface area contributed by atoms with Gasteiger partial charge in [0, 0.05) is 12.6 Å². The average molecular weight is 235 g/mol. The molecule has 2 rings (SSSR count). The summed E-state index contributed by atoms with van der Waals surface area (Å²) in [7, 11) is 0. The van der Waals surface area contributed by atoms with Crippen LogP contribution in [0.3, 0.4) is 0 Å². The van der Waals surface area contributed by atoms with E-state index in [9.17, 15) is 10.1 Å². The number of nitriles is 1. The molecule has 1 aliphatic heterocycles. The lowest BCUT2D eigenvalue weighted by Gasteiger charge is -2.41. The second-order valence-corrected chi connectivity index (χ2v) is 5.32. The number of hydrogen-bond acceptors (Lipinski definition) is 3. The van der Waals surface area contributed by atoms with Gasteiger partial charge in [-0.25, -0.2) is 0 Å². The van der Waals surface area contributed by atoms with E-state index in [0.29, 0.717) is 6.04 Å². The minimum Gasteiger partial charge on any atom is -0.369 e. The number of likely N-dealkylation sites (tertiary alicyclic amines) is 1. The van der Waals surface area contributed by atoms with Crippen molar-refractivity contribution < 1.29 is 4.79 Å². The fraction of sp³-hybridized carbons (Fsp3) is 0.846. The number of amides is 1. The number of hydrogen-bond donors (Lipinski definition) is 1. The van der Waals surface area contributed by atoms with Crippen LogP contribution in [0.1, 0.15) is 38.5 Å². The molecule has 4 heteroatoms. The Morgan fingerprint density at radius 3 is 2.71 bits per heavy atom. The summed E-state index contributed by atoms with van der Waals surface area (Å²) in [6, 6.07) is 2.79. The molecule has 0 aromatic heterocycles.